The fourth-order valence-corrected chi connectivity index (χ4v) is 4.19. The van der Waals surface area contributed by atoms with Gasteiger partial charge >= 0.3 is 0 Å². The van der Waals surface area contributed by atoms with E-state index in [0.29, 0.717) is 18.7 Å². The highest BCUT2D eigenvalue weighted by Gasteiger charge is 2.27. The molecule has 34 heavy (non-hydrogen) atoms. The third-order valence-corrected chi connectivity index (χ3v) is 5.87. The van der Waals surface area contributed by atoms with E-state index in [1.54, 1.807) is 17.2 Å². The second-order valence-electron chi connectivity index (χ2n) is 8.28. The van der Waals surface area contributed by atoms with Gasteiger partial charge in [-0.25, -0.2) is 0 Å². The molecule has 2 aliphatic heterocycles. The highest BCUT2D eigenvalue weighted by atomic mass is 16.2. The van der Waals surface area contributed by atoms with Gasteiger partial charge in [0.2, 0.25) is 5.56 Å². The number of fused-ring (bicyclic) bond motifs is 1. The molecule has 7 nitrogen and oxygen atoms in total. The van der Waals surface area contributed by atoms with Crippen LogP contribution in [0.3, 0.4) is 0 Å². The minimum Gasteiger partial charge on any atom is -0.353 e. The number of allylic oxidation sites excluding steroid dienone is 2. The standard InChI is InChI=1S/C27H25N5O2/c1-31(18-19-5-3-2-4-6-19)27(34)20-7-9-22(10-8-20)30-23-11-12-24(32-16-15-29-26(23)32)21-13-14-28-25(33)17-21/h2-14,17,30H,15-16,18H2,1H3,(H,28,33). The normalized spacial score (nSPS) is 14.6. The SMILES string of the molecule is CN(Cc1ccccc1)C(=O)c1ccc(NC2=CC=C(c3cc[nH]c(=O)c3)N3CCN=C23)cc1. The molecule has 0 aliphatic carbocycles. The number of H-pyrrole nitrogens is 1. The fraction of sp³-hybridized carbons (Fsp3) is 0.148. The number of carbonyl (C=O) groups excluding carboxylic acids is 1. The van der Waals surface area contributed by atoms with Crippen molar-refractivity contribution in [2.75, 3.05) is 25.5 Å². The number of rotatable bonds is 6. The van der Waals surface area contributed by atoms with Crippen LogP contribution in [0.5, 0.6) is 0 Å². The Morgan fingerprint density at radius 2 is 1.88 bits per heavy atom. The number of amides is 1. The van der Waals surface area contributed by atoms with Crippen LogP contribution in [-0.4, -0.2) is 46.7 Å². The highest BCUT2D eigenvalue weighted by Crippen LogP contribution is 2.28. The third kappa shape index (κ3) is 4.41. The lowest BCUT2D eigenvalue weighted by atomic mass is 10.1. The predicted molar refractivity (Wildman–Crippen MR) is 134 cm³/mol. The Kier molecular flexibility index (Phi) is 5.82. The van der Waals surface area contributed by atoms with Crippen LogP contribution >= 0.6 is 0 Å². The van der Waals surface area contributed by atoms with Crippen LogP contribution in [0.1, 0.15) is 21.5 Å². The van der Waals surface area contributed by atoms with Crippen molar-refractivity contribution in [1.82, 2.24) is 14.8 Å². The second-order valence-corrected chi connectivity index (χ2v) is 8.28. The van der Waals surface area contributed by atoms with Gasteiger partial charge in [-0.2, -0.15) is 0 Å². The van der Waals surface area contributed by atoms with Crippen LogP contribution < -0.4 is 10.9 Å². The number of aromatic nitrogens is 1. The van der Waals surface area contributed by atoms with E-state index in [1.165, 1.54) is 0 Å². The molecular formula is C27H25N5O2. The number of amidine groups is 1. The number of aliphatic imine (C=N–C) groups is 1. The summed E-state index contributed by atoms with van der Waals surface area (Å²) in [5.74, 6) is 0.824. The maximum Gasteiger partial charge on any atom is 0.253 e. The van der Waals surface area contributed by atoms with Crippen molar-refractivity contribution in [2.45, 2.75) is 6.54 Å². The number of nitrogens with zero attached hydrogens (tertiary/aromatic N) is 3. The van der Waals surface area contributed by atoms with E-state index in [0.717, 1.165) is 40.6 Å². The largest absolute Gasteiger partial charge is 0.353 e. The highest BCUT2D eigenvalue weighted by molar-refractivity contribution is 6.08. The van der Waals surface area contributed by atoms with E-state index in [9.17, 15) is 9.59 Å². The van der Waals surface area contributed by atoms with E-state index in [-0.39, 0.29) is 11.5 Å². The summed E-state index contributed by atoms with van der Waals surface area (Å²) in [6, 6.07) is 20.9. The van der Waals surface area contributed by atoms with Crippen LogP contribution in [0, 0.1) is 0 Å². The average molecular weight is 452 g/mol. The molecule has 170 valence electrons. The summed E-state index contributed by atoms with van der Waals surface area (Å²) >= 11 is 0. The maximum atomic E-state index is 12.8. The summed E-state index contributed by atoms with van der Waals surface area (Å²) in [5.41, 5.74) is 5.16. The first-order valence-corrected chi connectivity index (χ1v) is 11.2. The summed E-state index contributed by atoms with van der Waals surface area (Å²) < 4.78 is 0. The van der Waals surface area contributed by atoms with Crippen LogP contribution in [0.2, 0.25) is 0 Å². The molecule has 2 aromatic carbocycles. The van der Waals surface area contributed by atoms with Gasteiger partial charge in [-0.3, -0.25) is 14.6 Å². The quantitative estimate of drug-likeness (QED) is 0.599. The van der Waals surface area contributed by atoms with Crippen molar-refractivity contribution >= 4 is 23.1 Å². The molecule has 3 aromatic rings. The summed E-state index contributed by atoms with van der Waals surface area (Å²) in [7, 11) is 1.81. The minimum absolute atomic E-state index is 0.0240. The molecule has 7 heteroatoms. The van der Waals surface area contributed by atoms with Crippen molar-refractivity contribution in [3.05, 3.63) is 118 Å². The summed E-state index contributed by atoms with van der Waals surface area (Å²) in [6.07, 6.45) is 5.63. The zero-order valence-electron chi connectivity index (χ0n) is 18.9. The third-order valence-electron chi connectivity index (χ3n) is 5.87. The maximum absolute atomic E-state index is 12.8. The molecular weight excluding hydrogens is 426 g/mol. The van der Waals surface area contributed by atoms with E-state index < -0.39 is 0 Å². The van der Waals surface area contributed by atoms with Gasteiger partial charge in [0.05, 0.1) is 17.9 Å². The number of hydrogen-bond donors (Lipinski definition) is 2. The van der Waals surface area contributed by atoms with Gasteiger partial charge in [-0.15, -0.1) is 0 Å². The van der Waals surface area contributed by atoms with E-state index in [4.69, 9.17) is 0 Å². The molecule has 3 heterocycles. The first kappa shape index (κ1) is 21.5. The Balaban J connectivity index is 1.31. The Bertz CT molecular complexity index is 1350. The summed E-state index contributed by atoms with van der Waals surface area (Å²) in [4.78, 5) is 35.7. The van der Waals surface area contributed by atoms with Gasteiger partial charge in [0.15, 0.2) is 5.84 Å². The minimum atomic E-state index is -0.131. The Morgan fingerprint density at radius 1 is 1.09 bits per heavy atom. The van der Waals surface area contributed by atoms with Crippen LogP contribution in [-0.2, 0) is 6.54 Å². The molecule has 0 bridgehead atoms. The molecule has 2 N–H and O–H groups in total. The Hall–Kier alpha value is -4.39. The van der Waals surface area contributed by atoms with E-state index in [1.807, 2.05) is 79.9 Å². The van der Waals surface area contributed by atoms with Crippen LogP contribution in [0.4, 0.5) is 5.69 Å². The smallest absolute Gasteiger partial charge is 0.253 e. The van der Waals surface area contributed by atoms with Crippen LogP contribution in [0.25, 0.3) is 5.70 Å². The van der Waals surface area contributed by atoms with Crippen LogP contribution in [0.15, 0.2) is 101 Å². The molecule has 0 saturated heterocycles. The van der Waals surface area contributed by atoms with Gasteiger partial charge in [0.25, 0.3) is 5.91 Å². The molecule has 0 saturated carbocycles. The van der Waals surface area contributed by atoms with Gasteiger partial charge in [-0.1, -0.05) is 30.3 Å². The molecule has 0 atom stereocenters. The Morgan fingerprint density at radius 3 is 2.65 bits per heavy atom. The molecule has 0 unspecified atom stereocenters. The van der Waals surface area contributed by atoms with Crippen molar-refractivity contribution < 1.29 is 4.79 Å². The summed E-state index contributed by atoms with van der Waals surface area (Å²) in [6.45, 7) is 2.01. The molecule has 1 aromatic heterocycles. The molecule has 5 rings (SSSR count). The average Bonchev–Trinajstić information content (AvgIpc) is 3.35. The fourth-order valence-electron chi connectivity index (χ4n) is 4.19. The van der Waals surface area contributed by atoms with Crippen molar-refractivity contribution in [2.24, 2.45) is 4.99 Å². The zero-order valence-corrected chi connectivity index (χ0v) is 18.9. The summed E-state index contributed by atoms with van der Waals surface area (Å²) in [5, 5.41) is 3.42. The second kappa shape index (κ2) is 9.23. The van der Waals surface area contributed by atoms with Gasteiger partial charge < -0.3 is 20.1 Å². The molecule has 1 amide bonds. The molecule has 0 spiro atoms. The van der Waals surface area contributed by atoms with Crippen molar-refractivity contribution in [3.63, 3.8) is 0 Å². The molecule has 0 fully saturated rings. The topological polar surface area (TPSA) is 80.8 Å². The molecule has 2 aliphatic rings. The first-order valence-electron chi connectivity index (χ1n) is 11.2. The number of anilines is 1. The first-order chi connectivity index (χ1) is 16.6. The zero-order chi connectivity index (χ0) is 23.5. The van der Waals surface area contributed by atoms with E-state index in [2.05, 4.69) is 20.2 Å². The molecule has 0 radical (unpaired) electrons. The number of aromatic amines is 1. The van der Waals surface area contributed by atoms with Gasteiger partial charge in [0, 0.05) is 49.2 Å². The number of benzene rings is 2. The van der Waals surface area contributed by atoms with Gasteiger partial charge in [0.1, 0.15) is 0 Å². The van der Waals surface area contributed by atoms with Gasteiger partial charge in [-0.05, 0) is 48.0 Å². The number of hydrogen-bond acceptors (Lipinski definition) is 5. The van der Waals surface area contributed by atoms with Crippen molar-refractivity contribution in [3.8, 4) is 0 Å². The number of carbonyl (C=O) groups is 1. The van der Waals surface area contributed by atoms with E-state index >= 15 is 0 Å². The number of pyridine rings is 1. The monoisotopic (exact) mass is 451 g/mol. The predicted octanol–water partition coefficient (Wildman–Crippen LogP) is 3.71. The lowest BCUT2D eigenvalue weighted by Gasteiger charge is -2.28. The lowest BCUT2D eigenvalue weighted by Crippen LogP contribution is -2.32. The lowest BCUT2D eigenvalue weighted by molar-refractivity contribution is 0.0785. The Labute approximate surface area is 197 Å². The number of nitrogens with one attached hydrogen (secondary N) is 2. The van der Waals surface area contributed by atoms with Crippen molar-refractivity contribution in [1.29, 1.82) is 0 Å².